The second kappa shape index (κ2) is 5.17. The van der Waals surface area contributed by atoms with Crippen molar-refractivity contribution in [2.75, 3.05) is 0 Å². The van der Waals surface area contributed by atoms with Crippen molar-refractivity contribution in [3.63, 3.8) is 0 Å². The first-order chi connectivity index (χ1) is 11.2. The van der Waals surface area contributed by atoms with Gasteiger partial charge in [-0.3, -0.25) is 9.48 Å². The van der Waals surface area contributed by atoms with Gasteiger partial charge in [-0.1, -0.05) is 17.7 Å². The van der Waals surface area contributed by atoms with Gasteiger partial charge in [0.05, 0.1) is 5.52 Å². The summed E-state index contributed by atoms with van der Waals surface area (Å²) >= 11 is 6.14. The lowest BCUT2D eigenvalue weighted by atomic mass is 10.1. The Balaban J connectivity index is 2.24. The highest BCUT2D eigenvalue weighted by Crippen LogP contribution is 2.26. The van der Waals surface area contributed by atoms with Gasteiger partial charge in [0.25, 0.3) is 5.56 Å². The van der Waals surface area contributed by atoms with E-state index in [0.29, 0.717) is 28.5 Å². The van der Waals surface area contributed by atoms with Gasteiger partial charge in [-0.25, -0.2) is 14.5 Å². The van der Waals surface area contributed by atoms with Crippen molar-refractivity contribution in [3.8, 4) is 5.95 Å². The van der Waals surface area contributed by atoms with Crippen LogP contribution < -0.4 is 5.56 Å². The number of nitrogens with zero attached hydrogens (tertiary/aromatic N) is 5. The number of fused-ring (bicyclic) bond motifs is 3. The molecule has 0 saturated heterocycles. The van der Waals surface area contributed by atoms with E-state index in [9.17, 15) is 4.79 Å². The van der Waals surface area contributed by atoms with Gasteiger partial charge in [-0.2, -0.15) is 5.10 Å². The number of halogens is 1. The summed E-state index contributed by atoms with van der Waals surface area (Å²) in [6.45, 7) is 2.66. The van der Waals surface area contributed by atoms with Gasteiger partial charge in [-0.05, 0) is 25.1 Å². The standard InChI is InChI=1S/C16H12ClN5O/c1-2-21-9-12-11-5-4-10(17)8-13(11)22(15(23)14(12)20-21)16-18-6-3-7-19-16/h3-9H,2H2,1H3. The molecule has 0 aliphatic carbocycles. The first-order valence-electron chi connectivity index (χ1n) is 7.18. The van der Waals surface area contributed by atoms with E-state index in [0.717, 1.165) is 10.8 Å². The molecule has 6 nitrogen and oxygen atoms in total. The molecule has 3 heterocycles. The first-order valence-corrected chi connectivity index (χ1v) is 7.55. The summed E-state index contributed by atoms with van der Waals surface area (Å²) in [6, 6.07) is 7.14. The molecular weight excluding hydrogens is 314 g/mol. The Morgan fingerprint density at radius 1 is 1.17 bits per heavy atom. The van der Waals surface area contributed by atoms with Crippen LogP contribution >= 0.6 is 11.6 Å². The van der Waals surface area contributed by atoms with Gasteiger partial charge in [0.1, 0.15) is 0 Å². The van der Waals surface area contributed by atoms with Crippen LogP contribution in [0.15, 0.2) is 47.7 Å². The van der Waals surface area contributed by atoms with Crippen LogP contribution in [0.5, 0.6) is 0 Å². The Kier molecular flexibility index (Phi) is 3.12. The van der Waals surface area contributed by atoms with Gasteiger partial charge in [0.15, 0.2) is 5.52 Å². The minimum atomic E-state index is -0.256. The third kappa shape index (κ3) is 2.10. The van der Waals surface area contributed by atoms with Gasteiger partial charge in [0.2, 0.25) is 5.95 Å². The number of aromatic nitrogens is 5. The van der Waals surface area contributed by atoms with Gasteiger partial charge < -0.3 is 0 Å². The third-order valence-electron chi connectivity index (χ3n) is 3.73. The van der Waals surface area contributed by atoms with Crippen LogP contribution in [0.25, 0.3) is 27.8 Å². The van der Waals surface area contributed by atoms with E-state index in [4.69, 9.17) is 11.6 Å². The molecule has 0 bridgehead atoms. The van der Waals surface area contributed by atoms with Crippen LogP contribution in [0, 0.1) is 0 Å². The minimum absolute atomic E-state index is 0.256. The lowest BCUT2D eigenvalue weighted by Gasteiger charge is -2.09. The lowest BCUT2D eigenvalue weighted by Crippen LogP contribution is -2.21. The van der Waals surface area contributed by atoms with Crippen molar-refractivity contribution in [3.05, 3.63) is 58.2 Å². The van der Waals surface area contributed by atoms with Crippen LogP contribution in [0.2, 0.25) is 5.02 Å². The molecule has 7 heteroatoms. The quantitative estimate of drug-likeness (QED) is 0.568. The predicted molar refractivity (Wildman–Crippen MR) is 89.1 cm³/mol. The highest BCUT2D eigenvalue weighted by Gasteiger charge is 2.16. The van der Waals surface area contributed by atoms with E-state index < -0.39 is 0 Å². The molecule has 0 spiro atoms. The van der Waals surface area contributed by atoms with Crippen molar-refractivity contribution in [2.45, 2.75) is 13.5 Å². The van der Waals surface area contributed by atoms with Crippen molar-refractivity contribution >= 4 is 33.4 Å². The number of aryl methyl sites for hydroxylation is 1. The molecule has 0 atom stereocenters. The average Bonchev–Trinajstić information content (AvgIpc) is 3.01. The molecule has 0 saturated carbocycles. The number of benzene rings is 1. The Bertz CT molecular complexity index is 1080. The summed E-state index contributed by atoms with van der Waals surface area (Å²) < 4.78 is 3.20. The lowest BCUT2D eigenvalue weighted by molar-refractivity contribution is 0.666. The van der Waals surface area contributed by atoms with Crippen LogP contribution in [0.1, 0.15) is 6.92 Å². The zero-order chi connectivity index (χ0) is 16.0. The maximum Gasteiger partial charge on any atom is 0.286 e. The number of hydrogen-bond acceptors (Lipinski definition) is 4. The van der Waals surface area contributed by atoms with Crippen LogP contribution in [-0.4, -0.2) is 24.3 Å². The largest absolute Gasteiger partial charge is 0.286 e. The molecule has 0 aliphatic heterocycles. The molecule has 114 valence electrons. The number of hydrogen-bond donors (Lipinski definition) is 0. The van der Waals surface area contributed by atoms with Gasteiger partial charge >= 0.3 is 0 Å². The first kappa shape index (κ1) is 13.9. The van der Waals surface area contributed by atoms with Crippen molar-refractivity contribution in [1.29, 1.82) is 0 Å². The molecule has 3 aromatic heterocycles. The Morgan fingerprint density at radius 3 is 2.70 bits per heavy atom. The zero-order valence-electron chi connectivity index (χ0n) is 12.3. The second-order valence-corrected chi connectivity index (χ2v) is 5.53. The van der Waals surface area contributed by atoms with E-state index in [1.54, 1.807) is 35.3 Å². The Morgan fingerprint density at radius 2 is 1.96 bits per heavy atom. The fourth-order valence-electron chi connectivity index (χ4n) is 2.68. The average molecular weight is 326 g/mol. The molecule has 0 aliphatic rings. The van der Waals surface area contributed by atoms with E-state index in [1.165, 1.54) is 4.57 Å². The molecule has 0 N–H and O–H groups in total. The smallest absolute Gasteiger partial charge is 0.272 e. The fourth-order valence-corrected chi connectivity index (χ4v) is 2.84. The molecule has 0 unspecified atom stereocenters. The van der Waals surface area contributed by atoms with Gasteiger partial charge in [0, 0.05) is 40.9 Å². The molecule has 4 rings (SSSR count). The summed E-state index contributed by atoms with van der Waals surface area (Å²) in [7, 11) is 0. The Labute approximate surface area is 136 Å². The van der Waals surface area contributed by atoms with E-state index >= 15 is 0 Å². The summed E-state index contributed by atoms with van der Waals surface area (Å²) in [6.07, 6.45) is 5.07. The maximum atomic E-state index is 12.9. The maximum absolute atomic E-state index is 12.9. The minimum Gasteiger partial charge on any atom is -0.272 e. The van der Waals surface area contributed by atoms with E-state index in [2.05, 4.69) is 15.1 Å². The number of rotatable bonds is 2. The van der Waals surface area contributed by atoms with Crippen molar-refractivity contribution in [2.24, 2.45) is 0 Å². The Hall–Kier alpha value is -2.73. The normalized spacial score (nSPS) is 11.4. The van der Waals surface area contributed by atoms with Crippen LogP contribution in [0.4, 0.5) is 0 Å². The molecule has 23 heavy (non-hydrogen) atoms. The van der Waals surface area contributed by atoms with Gasteiger partial charge in [-0.15, -0.1) is 0 Å². The highest BCUT2D eigenvalue weighted by molar-refractivity contribution is 6.31. The molecule has 0 radical (unpaired) electrons. The van der Waals surface area contributed by atoms with E-state index in [-0.39, 0.29) is 5.56 Å². The highest BCUT2D eigenvalue weighted by atomic mass is 35.5. The summed E-state index contributed by atoms with van der Waals surface area (Å²) in [5.74, 6) is 0.303. The third-order valence-corrected chi connectivity index (χ3v) is 3.97. The molecule has 0 amide bonds. The topological polar surface area (TPSA) is 65.6 Å². The molecule has 0 fully saturated rings. The number of pyridine rings is 1. The molecule has 4 aromatic rings. The fraction of sp³-hybridized carbons (Fsp3) is 0.125. The monoisotopic (exact) mass is 325 g/mol. The second-order valence-electron chi connectivity index (χ2n) is 5.10. The van der Waals surface area contributed by atoms with Crippen LogP contribution in [0.3, 0.4) is 0 Å². The van der Waals surface area contributed by atoms with E-state index in [1.807, 2.05) is 19.2 Å². The van der Waals surface area contributed by atoms with Crippen molar-refractivity contribution < 1.29 is 0 Å². The summed E-state index contributed by atoms with van der Waals surface area (Å²) in [5, 5.41) is 6.62. The summed E-state index contributed by atoms with van der Waals surface area (Å²) in [5.41, 5.74) is 0.805. The molecule has 1 aromatic carbocycles. The summed E-state index contributed by atoms with van der Waals surface area (Å²) in [4.78, 5) is 21.3. The SMILES string of the molecule is CCn1cc2c(n1)c(=O)n(-c1ncccn1)c1cc(Cl)ccc21. The predicted octanol–water partition coefficient (Wildman–Crippen LogP) is 2.80. The molecular formula is C16H12ClN5O. The zero-order valence-corrected chi connectivity index (χ0v) is 13.0. The van der Waals surface area contributed by atoms with Crippen LogP contribution in [-0.2, 0) is 6.54 Å². The van der Waals surface area contributed by atoms with Crippen molar-refractivity contribution in [1.82, 2.24) is 24.3 Å².